The van der Waals surface area contributed by atoms with Gasteiger partial charge in [-0.15, -0.1) is 12.1 Å². The van der Waals surface area contributed by atoms with Gasteiger partial charge < -0.3 is 22.1 Å². The molecule has 0 atom stereocenters. The summed E-state index contributed by atoms with van der Waals surface area (Å²) in [5.41, 5.74) is 4.46. The zero-order valence-electron chi connectivity index (χ0n) is 15.5. The number of rotatable bonds is 4. The Morgan fingerprint density at radius 1 is 0.815 bits per heavy atom. The first kappa shape index (κ1) is 20.7. The van der Waals surface area contributed by atoms with E-state index in [0.29, 0.717) is 0 Å². The van der Waals surface area contributed by atoms with Crippen LogP contribution in [-0.2, 0) is 19.5 Å². The largest absolute Gasteiger partial charge is 2.00 e. The van der Waals surface area contributed by atoms with Crippen molar-refractivity contribution in [3.63, 3.8) is 0 Å². The fraction of sp³-hybridized carbons (Fsp3) is 0.0870. The molecule has 27 heavy (non-hydrogen) atoms. The Morgan fingerprint density at radius 3 is 1.93 bits per heavy atom. The molecule has 3 nitrogen and oxygen atoms in total. The Balaban J connectivity index is 0.00000131. The maximum Gasteiger partial charge on any atom is 2.00 e. The van der Waals surface area contributed by atoms with Crippen molar-refractivity contribution >= 4 is 22.7 Å². The first-order chi connectivity index (χ1) is 12.3. The van der Waals surface area contributed by atoms with Crippen LogP contribution in [-0.4, -0.2) is 18.6 Å². The van der Waals surface area contributed by atoms with Gasteiger partial charge in [0.2, 0.25) is 0 Å². The van der Waals surface area contributed by atoms with Crippen molar-refractivity contribution in [1.29, 1.82) is 0 Å². The minimum Gasteiger partial charge on any atom is -0.361 e. The Hall–Kier alpha value is -2.58. The van der Waals surface area contributed by atoms with Gasteiger partial charge in [-0.05, 0) is 24.3 Å². The third kappa shape index (κ3) is 4.58. The molecular formula is C23H23N3Rh. The average Bonchev–Trinajstić information content (AvgIpc) is 3.11. The van der Waals surface area contributed by atoms with Gasteiger partial charge in [0.05, 0.1) is 6.67 Å². The van der Waals surface area contributed by atoms with Crippen molar-refractivity contribution in [1.82, 2.24) is 4.90 Å². The van der Waals surface area contributed by atoms with Gasteiger partial charge in [-0.25, -0.2) is 0 Å². The molecule has 139 valence electrons. The van der Waals surface area contributed by atoms with E-state index in [1.165, 1.54) is 0 Å². The van der Waals surface area contributed by atoms with E-state index < -0.39 is 0 Å². The molecule has 0 saturated carbocycles. The number of anilines is 4. The van der Waals surface area contributed by atoms with E-state index in [0.717, 1.165) is 29.4 Å². The van der Waals surface area contributed by atoms with Crippen LogP contribution in [0.25, 0.3) is 0 Å². The van der Waals surface area contributed by atoms with Gasteiger partial charge in [0, 0.05) is 30.8 Å². The molecule has 0 fully saturated rings. The van der Waals surface area contributed by atoms with Gasteiger partial charge in [-0.3, -0.25) is 0 Å². The number of hydrogen-bond donors (Lipinski definition) is 0. The molecule has 4 heteroatoms. The summed E-state index contributed by atoms with van der Waals surface area (Å²) in [6.45, 7) is 0.844. The Bertz CT molecular complexity index is 826. The van der Waals surface area contributed by atoms with E-state index in [1.54, 1.807) is 0 Å². The number of hydrogen-bond acceptors (Lipinski definition) is 3. The second-order valence-electron chi connectivity index (χ2n) is 6.10. The predicted octanol–water partition coefficient (Wildman–Crippen LogP) is 5.58. The molecule has 0 saturated heterocycles. The summed E-state index contributed by atoms with van der Waals surface area (Å²) in [6.07, 6.45) is 4.16. The zero-order chi connectivity index (χ0) is 17.1. The van der Waals surface area contributed by atoms with Crippen LogP contribution in [0.15, 0.2) is 91.3 Å². The van der Waals surface area contributed by atoms with Gasteiger partial charge in [-0.1, -0.05) is 47.8 Å². The van der Waals surface area contributed by atoms with E-state index in [-0.39, 0.29) is 26.9 Å². The standard InChI is InChI=1S/C22H20N3.CH3.Rh/c1-23-15-16-24(18-23)21-13-8-14-22(17-21)25(19-9-4-2-5-10-19)20-11-6-3-7-12-20;;/h2-12,14-17H,18H2,1H3;1H3;/q2*-1;+2. The molecule has 3 aromatic rings. The van der Waals surface area contributed by atoms with Gasteiger partial charge in [0.1, 0.15) is 0 Å². The quantitative estimate of drug-likeness (QED) is 0.384. The van der Waals surface area contributed by atoms with Crippen LogP contribution in [0.1, 0.15) is 0 Å². The van der Waals surface area contributed by atoms with Crippen molar-refractivity contribution in [3.8, 4) is 0 Å². The molecule has 1 aliphatic rings. The second-order valence-corrected chi connectivity index (χ2v) is 6.10. The van der Waals surface area contributed by atoms with E-state index >= 15 is 0 Å². The molecule has 4 rings (SSSR count). The summed E-state index contributed by atoms with van der Waals surface area (Å²) in [7, 11) is 2.07. The first-order valence-corrected chi connectivity index (χ1v) is 8.38. The van der Waals surface area contributed by atoms with Gasteiger partial charge >= 0.3 is 19.5 Å². The van der Waals surface area contributed by atoms with E-state index in [2.05, 4.69) is 101 Å². The van der Waals surface area contributed by atoms with Crippen LogP contribution >= 0.6 is 0 Å². The van der Waals surface area contributed by atoms with Gasteiger partial charge in [-0.2, -0.15) is 12.1 Å². The molecule has 0 amide bonds. The van der Waals surface area contributed by atoms with Crippen LogP contribution in [0.4, 0.5) is 22.7 Å². The van der Waals surface area contributed by atoms with E-state index in [1.807, 2.05) is 18.2 Å². The summed E-state index contributed by atoms with van der Waals surface area (Å²) in [6, 6.07) is 30.5. The molecule has 0 bridgehead atoms. The van der Waals surface area contributed by atoms with Crippen LogP contribution in [0.3, 0.4) is 0 Å². The molecule has 1 aliphatic heterocycles. The third-order valence-corrected chi connectivity index (χ3v) is 4.24. The van der Waals surface area contributed by atoms with Crippen LogP contribution in [0, 0.1) is 13.5 Å². The number of benzene rings is 3. The average molecular weight is 444 g/mol. The maximum atomic E-state index is 3.35. The number of para-hydroxylation sites is 2. The van der Waals surface area contributed by atoms with Crippen molar-refractivity contribution in [2.45, 2.75) is 0 Å². The van der Waals surface area contributed by atoms with Crippen LogP contribution < -0.4 is 9.80 Å². The second kappa shape index (κ2) is 9.39. The smallest absolute Gasteiger partial charge is 0.361 e. The molecule has 0 unspecified atom stereocenters. The van der Waals surface area contributed by atoms with Crippen molar-refractivity contribution < 1.29 is 19.5 Å². The predicted molar refractivity (Wildman–Crippen MR) is 111 cm³/mol. The number of nitrogens with zero attached hydrogens (tertiary/aromatic N) is 3. The maximum absolute atomic E-state index is 3.35. The molecule has 0 aromatic heterocycles. The van der Waals surface area contributed by atoms with Gasteiger partial charge in [0.25, 0.3) is 0 Å². The molecule has 3 aromatic carbocycles. The minimum atomic E-state index is 0. The monoisotopic (exact) mass is 444 g/mol. The minimum absolute atomic E-state index is 0. The topological polar surface area (TPSA) is 9.72 Å². The zero-order valence-corrected chi connectivity index (χ0v) is 17.2. The van der Waals surface area contributed by atoms with E-state index in [9.17, 15) is 0 Å². The summed E-state index contributed by atoms with van der Waals surface area (Å²) < 4.78 is 0. The van der Waals surface area contributed by atoms with Crippen LogP contribution in [0.2, 0.25) is 0 Å². The van der Waals surface area contributed by atoms with Gasteiger partial charge in [0.15, 0.2) is 0 Å². The normalized spacial score (nSPS) is 12.3. The molecule has 0 aliphatic carbocycles. The molecular weight excluding hydrogens is 421 g/mol. The van der Waals surface area contributed by atoms with Crippen LogP contribution in [0.5, 0.6) is 0 Å². The first-order valence-electron chi connectivity index (χ1n) is 8.38. The fourth-order valence-corrected chi connectivity index (χ4v) is 3.03. The molecule has 0 N–H and O–H groups in total. The van der Waals surface area contributed by atoms with Crippen molar-refractivity contribution in [2.24, 2.45) is 0 Å². The Morgan fingerprint density at radius 2 is 1.41 bits per heavy atom. The third-order valence-electron chi connectivity index (χ3n) is 4.24. The summed E-state index contributed by atoms with van der Waals surface area (Å²) in [5.74, 6) is 0. The summed E-state index contributed by atoms with van der Waals surface area (Å²) in [4.78, 5) is 6.60. The molecule has 0 spiro atoms. The Kier molecular flexibility index (Phi) is 7.21. The van der Waals surface area contributed by atoms with Crippen molar-refractivity contribution in [3.05, 3.63) is 105 Å². The fourth-order valence-electron chi connectivity index (χ4n) is 3.03. The summed E-state index contributed by atoms with van der Waals surface area (Å²) in [5, 5.41) is 0. The molecule has 1 heterocycles. The summed E-state index contributed by atoms with van der Waals surface area (Å²) >= 11 is 0. The SMILES string of the molecule is CN1C=CN(c2[c-]ccc(N(c3ccccc3)c3ccccc3)c2)C1.[CH3-].[Rh+2]. The Labute approximate surface area is 175 Å². The van der Waals surface area contributed by atoms with E-state index in [4.69, 9.17) is 0 Å². The van der Waals surface area contributed by atoms with Crippen molar-refractivity contribution in [2.75, 3.05) is 23.5 Å². The molecule has 1 radical (unpaired) electrons.